The minimum atomic E-state index is -0.121. The van der Waals surface area contributed by atoms with Gasteiger partial charge < -0.3 is 4.84 Å². The van der Waals surface area contributed by atoms with Gasteiger partial charge >= 0.3 is 0 Å². The summed E-state index contributed by atoms with van der Waals surface area (Å²) in [6.07, 6.45) is 1.86. The summed E-state index contributed by atoms with van der Waals surface area (Å²) in [5.74, 6) is 5.15. The second kappa shape index (κ2) is 3.94. The number of rotatable bonds is 3. The van der Waals surface area contributed by atoms with Crippen LogP contribution in [0.4, 0.5) is 0 Å². The van der Waals surface area contributed by atoms with Crippen molar-refractivity contribution in [2.45, 2.75) is 45.4 Å². The van der Waals surface area contributed by atoms with Gasteiger partial charge in [-0.05, 0) is 0 Å². The lowest BCUT2D eigenvalue weighted by Crippen LogP contribution is -2.29. The van der Waals surface area contributed by atoms with Crippen molar-refractivity contribution in [2.75, 3.05) is 6.61 Å². The average Bonchev–Trinajstić information content (AvgIpc) is 2.49. The monoisotopic (exact) mass is 211 g/mol. The average molecular weight is 211 g/mol. The maximum atomic E-state index is 5.15. The Morgan fingerprint density at radius 3 is 2.40 bits per heavy atom. The Bertz CT molecular complexity index is 323. The van der Waals surface area contributed by atoms with Crippen molar-refractivity contribution in [3.8, 4) is 0 Å². The molecule has 15 heavy (non-hydrogen) atoms. The fourth-order valence-corrected chi connectivity index (χ4v) is 1.66. The molecular formula is C11H21N3O. The molecule has 1 aromatic heterocycles. The first-order chi connectivity index (χ1) is 6.79. The molecule has 0 radical (unpaired) electrons. The van der Waals surface area contributed by atoms with Gasteiger partial charge in [0.25, 0.3) is 0 Å². The number of aromatic nitrogens is 2. The van der Waals surface area contributed by atoms with Crippen molar-refractivity contribution >= 4 is 0 Å². The summed E-state index contributed by atoms with van der Waals surface area (Å²) in [5.41, 5.74) is 2.24. The van der Waals surface area contributed by atoms with Crippen LogP contribution in [0.5, 0.6) is 0 Å². The largest absolute Gasteiger partial charge is 0.304 e. The van der Waals surface area contributed by atoms with Crippen molar-refractivity contribution in [3.05, 3.63) is 17.5 Å². The van der Waals surface area contributed by atoms with Gasteiger partial charge in [-0.2, -0.15) is 5.10 Å². The molecule has 0 aliphatic carbocycles. The Kier molecular flexibility index (Phi) is 3.21. The van der Waals surface area contributed by atoms with Crippen LogP contribution in [0.25, 0.3) is 0 Å². The van der Waals surface area contributed by atoms with Crippen molar-refractivity contribution in [1.82, 2.24) is 10.2 Å². The molecule has 0 amide bonds. The van der Waals surface area contributed by atoms with Crippen molar-refractivity contribution in [3.63, 3.8) is 0 Å². The summed E-state index contributed by atoms with van der Waals surface area (Å²) in [5, 5.41) is 7.18. The fraction of sp³-hybridized carbons (Fsp3) is 0.727. The third-order valence-corrected chi connectivity index (χ3v) is 2.56. The molecule has 0 atom stereocenters. The van der Waals surface area contributed by atoms with Gasteiger partial charge in [0.1, 0.15) is 0 Å². The smallest absolute Gasteiger partial charge is 0.0771 e. The van der Waals surface area contributed by atoms with Crippen molar-refractivity contribution in [1.29, 1.82) is 0 Å². The van der Waals surface area contributed by atoms with Gasteiger partial charge in [0.15, 0.2) is 0 Å². The van der Waals surface area contributed by atoms with E-state index in [0.717, 1.165) is 5.69 Å². The maximum absolute atomic E-state index is 5.15. The molecule has 0 unspecified atom stereocenters. The predicted molar refractivity (Wildman–Crippen MR) is 60.5 cm³/mol. The summed E-state index contributed by atoms with van der Waals surface area (Å²) >= 11 is 0. The van der Waals surface area contributed by atoms with Gasteiger partial charge in [-0.25, -0.2) is 5.90 Å². The maximum Gasteiger partial charge on any atom is 0.0771 e. The van der Waals surface area contributed by atoms with Crippen LogP contribution in [-0.4, -0.2) is 16.8 Å². The zero-order valence-electron chi connectivity index (χ0n) is 10.2. The number of nitrogens with two attached hydrogens (primary N) is 1. The van der Waals surface area contributed by atoms with E-state index in [0.29, 0.717) is 6.61 Å². The van der Waals surface area contributed by atoms with Crippen LogP contribution in [0.2, 0.25) is 0 Å². The molecule has 1 aromatic rings. The van der Waals surface area contributed by atoms with Gasteiger partial charge in [0.2, 0.25) is 0 Å². The molecule has 1 rings (SSSR count). The Morgan fingerprint density at radius 1 is 1.33 bits per heavy atom. The Hall–Kier alpha value is -0.870. The van der Waals surface area contributed by atoms with E-state index in [9.17, 15) is 0 Å². The molecule has 1 heterocycles. The number of hydrogen-bond acceptors (Lipinski definition) is 3. The minimum Gasteiger partial charge on any atom is -0.304 e. The van der Waals surface area contributed by atoms with Crippen LogP contribution in [0.1, 0.15) is 45.9 Å². The highest BCUT2D eigenvalue weighted by molar-refractivity contribution is 5.30. The van der Waals surface area contributed by atoms with Crippen LogP contribution in [-0.2, 0) is 15.7 Å². The number of aromatic amines is 1. The summed E-state index contributed by atoms with van der Waals surface area (Å²) in [6.45, 7) is 11.1. The van der Waals surface area contributed by atoms with Gasteiger partial charge in [0, 0.05) is 22.1 Å². The van der Waals surface area contributed by atoms with Gasteiger partial charge in [-0.1, -0.05) is 34.6 Å². The molecule has 0 bridgehead atoms. The lowest BCUT2D eigenvalue weighted by atomic mass is 9.79. The molecule has 0 aliphatic rings. The Morgan fingerprint density at radius 2 is 1.93 bits per heavy atom. The van der Waals surface area contributed by atoms with E-state index in [1.807, 2.05) is 6.20 Å². The van der Waals surface area contributed by atoms with Crippen molar-refractivity contribution in [2.24, 2.45) is 5.90 Å². The molecule has 86 valence electrons. The highest BCUT2D eigenvalue weighted by Gasteiger charge is 2.30. The summed E-state index contributed by atoms with van der Waals surface area (Å²) in [6, 6.07) is 0. The fourth-order valence-electron chi connectivity index (χ4n) is 1.66. The number of nitrogens with one attached hydrogen (secondary N) is 1. The second-order valence-corrected chi connectivity index (χ2v) is 5.60. The third kappa shape index (κ3) is 2.58. The molecule has 0 aromatic carbocycles. The summed E-state index contributed by atoms with van der Waals surface area (Å²) in [7, 11) is 0. The first-order valence-electron chi connectivity index (χ1n) is 5.15. The molecule has 0 saturated carbocycles. The molecule has 0 fully saturated rings. The summed E-state index contributed by atoms with van der Waals surface area (Å²) < 4.78 is 0. The van der Waals surface area contributed by atoms with E-state index < -0.39 is 0 Å². The highest BCUT2D eigenvalue weighted by atomic mass is 16.6. The zero-order chi connectivity index (χ0) is 11.7. The lowest BCUT2D eigenvalue weighted by molar-refractivity contribution is 0.0958. The topological polar surface area (TPSA) is 63.9 Å². The normalized spacial score (nSPS) is 13.2. The van der Waals surface area contributed by atoms with E-state index in [2.05, 4.69) is 44.8 Å². The molecule has 0 saturated heterocycles. The van der Waals surface area contributed by atoms with E-state index in [-0.39, 0.29) is 10.8 Å². The zero-order valence-corrected chi connectivity index (χ0v) is 10.2. The standard InChI is InChI=1S/C11H21N3O/c1-10(2,3)9-8(6-13-14-9)11(4,5)7-15-12/h6H,7,12H2,1-5H3,(H,13,14). The van der Waals surface area contributed by atoms with Gasteiger partial charge in [0.05, 0.1) is 12.8 Å². The SMILES string of the molecule is CC(C)(C)c1[nH]ncc1C(C)(C)CON. The number of nitrogens with zero attached hydrogens (tertiary/aromatic N) is 1. The van der Waals surface area contributed by atoms with Gasteiger partial charge in [-0.3, -0.25) is 5.10 Å². The van der Waals surface area contributed by atoms with Crippen LogP contribution in [0, 0.1) is 0 Å². The van der Waals surface area contributed by atoms with E-state index in [4.69, 9.17) is 10.7 Å². The lowest BCUT2D eigenvalue weighted by Gasteiger charge is -2.27. The van der Waals surface area contributed by atoms with Crippen LogP contribution < -0.4 is 5.90 Å². The van der Waals surface area contributed by atoms with Crippen LogP contribution >= 0.6 is 0 Å². The quantitative estimate of drug-likeness (QED) is 0.750. The van der Waals surface area contributed by atoms with Crippen LogP contribution in [0.15, 0.2) is 6.20 Å². The second-order valence-electron chi connectivity index (χ2n) is 5.60. The minimum absolute atomic E-state index is 0.0533. The molecule has 4 nitrogen and oxygen atoms in total. The molecular weight excluding hydrogens is 190 g/mol. The van der Waals surface area contributed by atoms with E-state index in [1.54, 1.807) is 0 Å². The first-order valence-corrected chi connectivity index (χ1v) is 5.15. The van der Waals surface area contributed by atoms with Gasteiger partial charge in [-0.15, -0.1) is 0 Å². The molecule has 3 N–H and O–H groups in total. The van der Waals surface area contributed by atoms with Crippen LogP contribution in [0.3, 0.4) is 0 Å². The first kappa shape index (κ1) is 12.2. The Balaban J connectivity index is 3.10. The third-order valence-electron chi connectivity index (χ3n) is 2.56. The molecule has 0 spiro atoms. The highest BCUT2D eigenvalue weighted by Crippen LogP contribution is 2.32. The Labute approximate surface area is 91.2 Å². The summed E-state index contributed by atoms with van der Waals surface area (Å²) in [4.78, 5) is 4.76. The number of hydrogen-bond donors (Lipinski definition) is 2. The molecule has 0 aliphatic heterocycles. The van der Waals surface area contributed by atoms with E-state index in [1.165, 1.54) is 5.56 Å². The molecule has 4 heteroatoms. The van der Waals surface area contributed by atoms with Crippen molar-refractivity contribution < 1.29 is 4.84 Å². The predicted octanol–water partition coefficient (Wildman–Crippen LogP) is 1.88. The van der Waals surface area contributed by atoms with E-state index >= 15 is 0 Å². The number of H-pyrrole nitrogens is 1.